The lowest BCUT2D eigenvalue weighted by Crippen LogP contribution is -2.43. The van der Waals surface area contributed by atoms with Crippen LogP contribution in [0.2, 0.25) is 0 Å². The van der Waals surface area contributed by atoms with Crippen molar-refractivity contribution in [3.8, 4) is 0 Å². The van der Waals surface area contributed by atoms with Crippen LogP contribution in [0.3, 0.4) is 0 Å². The highest BCUT2D eigenvalue weighted by atomic mass is 16.1. The average molecular weight is 229 g/mol. The number of carbonyl (C=O) groups excluding carboxylic acids is 1. The first-order chi connectivity index (χ1) is 7.32. The normalized spacial score (nSPS) is 13.9. The summed E-state index contributed by atoms with van der Waals surface area (Å²) < 4.78 is 0. The van der Waals surface area contributed by atoms with Crippen molar-refractivity contribution in [2.75, 3.05) is 33.7 Å². The molecule has 96 valence electrons. The van der Waals surface area contributed by atoms with E-state index in [9.17, 15) is 4.79 Å². The predicted molar refractivity (Wildman–Crippen MR) is 68.2 cm³/mol. The van der Waals surface area contributed by atoms with E-state index < -0.39 is 0 Å². The van der Waals surface area contributed by atoms with Crippen LogP contribution in [-0.4, -0.2) is 44.5 Å². The maximum absolute atomic E-state index is 11.7. The van der Waals surface area contributed by atoms with Gasteiger partial charge in [-0.1, -0.05) is 20.8 Å². The van der Waals surface area contributed by atoms with Gasteiger partial charge in [-0.3, -0.25) is 4.79 Å². The van der Waals surface area contributed by atoms with Crippen molar-refractivity contribution in [1.29, 1.82) is 0 Å². The molecule has 0 aliphatic carbocycles. The minimum absolute atomic E-state index is 0.0462. The minimum Gasteiger partial charge on any atom is -0.355 e. The van der Waals surface area contributed by atoms with Crippen molar-refractivity contribution in [3.63, 3.8) is 0 Å². The molecule has 0 fully saturated rings. The monoisotopic (exact) mass is 229 g/mol. The first-order valence-corrected chi connectivity index (χ1v) is 5.95. The molecule has 1 unspecified atom stereocenters. The van der Waals surface area contributed by atoms with Crippen LogP contribution < -0.4 is 11.1 Å². The number of hydrogen-bond donors (Lipinski definition) is 2. The van der Waals surface area contributed by atoms with Gasteiger partial charge >= 0.3 is 0 Å². The van der Waals surface area contributed by atoms with E-state index in [1.54, 1.807) is 0 Å². The second-order valence-electron chi connectivity index (χ2n) is 5.46. The van der Waals surface area contributed by atoms with Gasteiger partial charge in [0, 0.05) is 25.6 Å². The van der Waals surface area contributed by atoms with Crippen LogP contribution >= 0.6 is 0 Å². The van der Waals surface area contributed by atoms with Crippen molar-refractivity contribution in [2.45, 2.75) is 27.2 Å². The van der Waals surface area contributed by atoms with Crippen LogP contribution in [0.4, 0.5) is 0 Å². The van der Waals surface area contributed by atoms with E-state index in [4.69, 9.17) is 5.73 Å². The number of nitrogens with one attached hydrogen (secondary N) is 1. The number of amides is 1. The molecule has 4 heteroatoms. The van der Waals surface area contributed by atoms with Gasteiger partial charge in [0.25, 0.3) is 0 Å². The van der Waals surface area contributed by atoms with Crippen molar-refractivity contribution in [2.24, 2.45) is 17.1 Å². The standard InChI is InChI=1S/C12H27N3O/c1-6-10(7-13)11(16)14-8-12(2,3)9-15(4)5/h10H,6-9,13H2,1-5H3,(H,14,16). The lowest BCUT2D eigenvalue weighted by molar-refractivity contribution is -0.125. The average Bonchev–Trinajstić information content (AvgIpc) is 2.15. The molecule has 0 radical (unpaired) electrons. The SMILES string of the molecule is CCC(CN)C(=O)NCC(C)(C)CN(C)C. The molecule has 0 saturated heterocycles. The maximum atomic E-state index is 11.7. The molecule has 16 heavy (non-hydrogen) atoms. The molecule has 3 N–H and O–H groups in total. The van der Waals surface area contributed by atoms with E-state index in [0.29, 0.717) is 13.1 Å². The zero-order chi connectivity index (χ0) is 12.8. The Balaban J connectivity index is 4.08. The molecule has 1 atom stereocenters. The van der Waals surface area contributed by atoms with Gasteiger partial charge in [-0.15, -0.1) is 0 Å². The van der Waals surface area contributed by atoms with Crippen LogP contribution in [0.1, 0.15) is 27.2 Å². The van der Waals surface area contributed by atoms with Gasteiger partial charge in [-0.2, -0.15) is 0 Å². The van der Waals surface area contributed by atoms with E-state index >= 15 is 0 Å². The second kappa shape index (κ2) is 6.86. The highest BCUT2D eigenvalue weighted by Crippen LogP contribution is 2.14. The highest BCUT2D eigenvalue weighted by Gasteiger charge is 2.21. The zero-order valence-corrected chi connectivity index (χ0v) is 11.3. The number of carbonyl (C=O) groups is 1. The summed E-state index contributed by atoms with van der Waals surface area (Å²) in [6.45, 7) is 8.36. The molecule has 0 aromatic carbocycles. The third-order valence-electron chi connectivity index (χ3n) is 2.63. The summed E-state index contributed by atoms with van der Waals surface area (Å²) in [5.41, 5.74) is 5.62. The van der Waals surface area contributed by atoms with Gasteiger partial charge in [-0.25, -0.2) is 0 Å². The van der Waals surface area contributed by atoms with Crippen LogP contribution in [0.25, 0.3) is 0 Å². The number of hydrogen-bond acceptors (Lipinski definition) is 3. The summed E-state index contributed by atoms with van der Waals surface area (Å²) in [5.74, 6) is 0.0342. The van der Waals surface area contributed by atoms with Crippen molar-refractivity contribution in [1.82, 2.24) is 10.2 Å². The van der Waals surface area contributed by atoms with Crippen LogP contribution in [0.15, 0.2) is 0 Å². The van der Waals surface area contributed by atoms with Gasteiger partial charge < -0.3 is 16.0 Å². The lowest BCUT2D eigenvalue weighted by atomic mass is 9.92. The fraction of sp³-hybridized carbons (Fsp3) is 0.917. The Morgan fingerprint density at radius 1 is 1.44 bits per heavy atom. The summed E-state index contributed by atoms with van der Waals surface area (Å²) in [6, 6.07) is 0. The van der Waals surface area contributed by atoms with E-state index in [1.807, 2.05) is 21.0 Å². The van der Waals surface area contributed by atoms with Crippen LogP contribution in [0.5, 0.6) is 0 Å². The molecule has 0 rings (SSSR count). The highest BCUT2D eigenvalue weighted by molar-refractivity contribution is 5.78. The summed E-state index contributed by atoms with van der Waals surface area (Å²) >= 11 is 0. The third kappa shape index (κ3) is 6.08. The molecule has 0 aliphatic rings. The van der Waals surface area contributed by atoms with Gasteiger partial charge in [0.05, 0.1) is 0 Å². The molecule has 0 bridgehead atoms. The Hall–Kier alpha value is -0.610. The smallest absolute Gasteiger partial charge is 0.224 e. The molecule has 0 heterocycles. The quantitative estimate of drug-likeness (QED) is 0.675. The number of nitrogens with zero attached hydrogens (tertiary/aromatic N) is 1. The molecule has 0 aliphatic heterocycles. The Kier molecular flexibility index (Phi) is 6.60. The van der Waals surface area contributed by atoms with E-state index in [1.165, 1.54) is 0 Å². The molecular weight excluding hydrogens is 202 g/mol. The topological polar surface area (TPSA) is 58.4 Å². The van der Waals surface area contributed by atoms with Gasteiger partial charge in [-0.05, 0) is 25.9 Å². The summed E-state index contributed by atoms with van der Waals surface area (Å²) in [4.78, 5) is 13.9. The second-order valence-corrected chi connectivity index (χ2v) is 5.46. The Morgan fingerprint density at radius 2 is 2.00 bits per heavy atom. The summed E-state index contributed by atoms with van der Waals surface area (Å²) in [5, 5.41) is 2.98. The molecule has 1 amide bonds. The van der Waals surface area contributed by atoms with Gasteiger partial charge in [0.1, 0.15) is 0 Å². The lowest BCUT2D eigenvalue weighted by Gasteiger charge is -2.29. The molecule has 0 spiro atoms. The summed E-state index contributed by atoms with van der Waals surface area (Å²) in [6.07, 6.45) is 0.802. The van der Waals surface area contributed by atoms with Crippen LogP contribution in [0, 0.1) is 11.3 Å². The van der Waals surface area contributed by atoms with Gasteiger partial charge in [0.15, 0.2) is 0 Å². The first-order valence-electron chi connectivity index (χ1n) is 5.95. The van der Waals surface area contributed by atoms with E-state index in [2.05, 4.69) is 24.1 Å². The minimum atomic E-state index is -0.0462. The van der Waals surface area contributed by atoms with Crippen molar-refractivity contribution < 1.29 is 4.79 Å². The molecule has 4 nitrogen and oxygen atoms in total. The largest absolute Gasteiger partial charge is 0.355 e. The fourth-order valence-electron chi connectivity index (χ4n) is 1.84. The van der Waals surface area contributed by atoms with Crippen LogP contribution in [-0.2, 0) is 4.79 Å². The number of rotatable bonds is 7. The molecule has 0 aromatic rings. The Morgan fingerprint density at radius 3 is 2.38 bits per heavy atom. The first kappa shape index (κ1) is 15.4. The zero-order valence-electron chi connectivity index (χ0n) is 11.3. The van der Waals surface area contributed by atoms with E-state index in [0.717, 1.165) is 13.0 Å². The van der Waals surface area contributed by atoms with Gasteiger partial charge in [0.2, 0.25) is 5.91 Å². The number of nitrogens with two attached hydrogens (primary N) is 1. The Bertz CT molecular complexity index is 210. The van der Waals surface area contributed by atoms with Crippen molar-refractivity contribution in [3.05, 3.63) is 0 Å². The Labute approximate surface area is 99.6 Å². The molecule has 0 saturated carbocycles. The maximum Gasteiger partial charge on any atom is 0.224 e. The van der Waals surface area contributed by atoms with Crippen molar-refractivity contribution >= 4 is 5.91 Å². The fourth-order valence-corrected chi connectivity index (χ4v) is 1.84. The molecule has 0 aromatic heterocycles. The van der Waals surface area contributed by atoms with E-state index in [-0.39, 0.29) is 17.2 Å². The summed E-state index contributed by atoms with van der Waals surface area (Å²) in [7, 11) is 4.08. The molecular formula is C12H27N3O. The third-order valence-corrected chi connectivity index (χ3v) is 2.63. The predicted octanol–water partition coefficient (Wildman–Crippen LogP) is 0.675.